The molecule has 3 heteroatoms. The summed E-state index contributed by atoms with van der Waals surface area (Å²) in [6.45, 7) is 1.94. The molecule has 0 aliphatic rings. The van der Waals surface area contributed by atoms with Crippen LogP contribution in [0.5, 0.6) is 0 Å². The quantitative estimate of drug-likeness (QED) is 0.589. The van der Waals surface area contributed by atoms with Gasteiger partial charge in [-0.15, -0.1) is 0 Å². The second-order valence-electron chi connectivity index (χ2n) is 3.10. The standard InChI is InChI=1S/C11H7NO2/c1-7-2-3-10-8(4-7)5-9(6-12)11(13)14-10/h2-5H,1H3. The van der Waals surface area contributed by atoms with E-state index in [1.165, 1.54) is 0 Å². The molecule has 0 fully saturated rings. The van der Waals surface area contributed by atoms with E-state index in [9.17, 15) is 4.79 Å². The number of hydrogen-bond donors (Lipinski definition) is 0. The first-order valence-electron chi connectivity index (χ1n) is 4.15. The summed E-state index contributed by atoms with van der Waals surface area (Å²) in [5, 5.41) is 9.42. The topological polar surface area (TPSA) is 54.0 Å². The molecule has 0 radical (unpaired) electrons. The highest BCUT2D eigenvalue weighted by atomic mass is 16.4. The maximum Gasteiger partial charge on any atom is 0.354 e. The van der Waals surface area contributed by atoms with Crippen molar-refractivity contribution < 1.29 is 4.42 Å². The highest BCUT2D eigenvalue weighted by Crippen LogP contribution is 2.14. The van der Waals surface area contributed by atoms with Gasteiger partial charge in [0.2, 0.25) is 0 Å². The predicted octanol–water partition coefficient (Wildman–Crippen LogP) is 1.97. The largest absolute Gasteiger partial charge is 0.422 e. The molecule has 0 amide bonds. The van der Waals surface area contributed by atoms with Gasteiger partial charge in [-0.1, -0.05) is 11.6 Å². The highest BCUT2D eigenvalue weighted by Gasteiger charge is 2.03. The Bertz CT molecular complexity index is 590. The van der Waals surface area contributed by atoms with E-state index in [2.05, 4.69) is 0 Å². The number of nitriles is 1. The molecule has 3 nitrogen and oxygen atoms in total. The van der Waals surface area contributed by atoms with Crippen molar-refractivity contribution in [3.63, 3.8) is 0 Å². The Labute approximate surface area is 80.2 Å². The van der Waals surface area contributed by atoms with Gasteiger partial charge < -0.3 is 4.42 Å². The van der Waals surface area contributed by atoms with Gasteiger partial charge in [0.15, 0.2) is 0 Å². The molecule has 0 bridgehead atoms. The van der Waals surface area contributed by atoms with Crippen LogP contribution in [-0.2, 0) is 0 Å². The minimum atomic E-state index is -0.580. The summed E-state index contributed by atoms with van der Waals surface area (Å²) >= 11 is 0. The number of rotatable bonds is 0. The zero-order valence-electron chi connectivity index (χ0n) is 7.57. The fourth-order valence-electron chi connectivity index (χ4n) is 1.32. The summed E-state index contributed by atoms with van der Waals surface area (Å²) in [5.74, 6) is 0. The summed E-state index contributed by atoms with van der Waals surface area (Å²) in [6, 6.07) is 8.81. The van der Waals surface area contributed by atoms with Crippen LogP contribution in [0.1, 0.15) is 11.1 Å². The number of hydrogen-bond acceptors (Lipinski definition) is 3. The van der Waals surface area contributed by atoms with Crippen molar-refractivity contribution in [3.05, 3.63) is 45.8 Å². The molecule has 0 unspecified atom stereocenters. The molecular formula is C11H7NO2. The summed E-state index contributed by atoms with van der Waals surface area (Å²) in [6.07, 6.45) is 0. The lowest BCUT2D eigenvalue weighted by Crippen LogP contribution is -2.02. The molecule has 2 rings (SSSR count). The molecule has 1 aromatic carbocycles. The highest BCUT2D eigenvalue weighted by molar-refractivity contribution is 5.78. The molecule has 0 atom stereocenters. The van der Waals surface area contributed by atoms with E-state index >= 15 is 0 Å². The molecule has 0 aliphatic heterocycles. The van der Waals surface area contributed by atoms with Crippen molar-refractivity contribution in [2.24, 2.45) is 0 Å². The van der Waals surface area contributed by atoms with Crippen molar-refractivity contribution in [3.8, 4) is 6.07 Å². The smallest absolute Gasteiger partial charge is 0.354 e. The second kappa shape index (κ2) is 3.00. The van der Waals surface area contributed by atoms with E-state index < -0.39 is 5.63 Å². The van der Waals surface area contributed by atoms with Gasteiger partial charge in [-0.3, -0.25) is 0 Å². The van der Waals surface area contributed by atoms with E-state index in [0.717, 1.165) is 10.9 Å². The Balaban J connectivity index is 2.89. The predicted molar refractivity (Wildman–Crippen MR) is 51.9 cm³/mol. The first-order chi connectivity index (χ1) is 6.70. The zero-order valence-corrected chi connectivity index (χ0v) is 7.57. The number of benzene rings is 1. The molecule has 0 spiro atoms. The zero-order chi connectivity index (χ0) is 10.1. The van der Waals surface area contributed by atoms with Crippen LogP contribution in [0.2, 0.25) is 0 Å². The first-order valence-corrected chi connectivity index (χ1v) is 4.15. The Morgan fingerprint density at radius 2 is 2.14 bits per heavy atom. The molecule has 68 valence electrons. The Hall–Kier alpha value is -2.08. The van der Waals surface area contributed by atoms with Crippen LogP contribution in [-0.4, -0.2) is 0 Å². The molecule has 0 saturated heterocycles. The lowest BCUT2D eigenvalue weighted by molar-refractivity contribution is 0.558. The second-order valence-corrected chi connectivity index (χ2v) is 3.10. The van der Waals surface area contributed by atoms with E-state index in [4.69, 9.17) is 9.68 Å². The van der Waals surface area contributed by atoms with Gasteiger partial charge in [-0.2, -0.15) is 5.26 Å². The van der Waals surface area contributed by atoms with Gasteiger partial charge >= 0.3 is 5.63 Å². The fourth-order valence-corrected chi connectivity index (χ4v) is 1.32. The van der Waals surface area contributed by atoms with Crippen LogP contribution >= 0.6 is 0 Å². The first kappa shape index (κ1) is 8.52. The number of nitrogens with zero attached hydrogens (tertiary/aromatic N) is 1. The van der Waals surface area contributed by atoms with Crippen molar-refractivity contribution in [1.29, 1.82) is 5.26 Å². The Morgan fingerprint density at radius 3 is 2.86 bits per heavy atom. The third-order valence-electron chi connectivity index (χ3n) is 2.01. The molecule has 0 N–H and O–H groups in total. The SMILES string of the molecule is Cc1ccc2oc(=O)c(C#N)cc2c1. The lowest BCUT2D eigenvalue weighted by atomic mass is 10.1. The molecular weight excluding hydrogens is 178 g/mol. The maximum absolute atomic E-state index is 11.2. The van der Waals surface area contributed by atoms with Crippen LogP contribution in [0, 0.1) is 18.3 Å². The van der Waals surface area contributed by atoms with Crippen molar-refractivity contribution in [2.75, 3.05) is 0 Å². The summed E-state index contributed by atoms with van der Waals surface area (Å²) in [4.78, 5) is 11.2. The van der Waals surface area contributed by atoms with E-state index in [1.807, 2.05) is 19.1 Å². The van der Waals surface area contributed by atoms with Gasteiger partial charge in [0.25, 0.3) is 0 Å². The van der Waals surface area contributed by atoms with Gasteiger partial charge in [0.05, 0.1) is 0 Å². The molecule has 1 aromatic heterocycles. The maximum atomic E-state index is 11.2. The van der Waals surface area contributed by atoms with Gasteiger partial charge in [0.1, 0.15) is 17.2 Å². The van der Waals surface area contributed by atoms with Gasteiger partial charge in [-0.05, 0) is 25.1 Å². The summed E-state index contributed by atoms with van der Waals surface area (Å²) in [7, 11) is 0. The monoisotopic (exact) mass is 185 g/mol. The number of fused-ring (bicyclic) bond motifs is 1. The van der Waals surface area contributed by atoms with E-state index in [0.29, 0.717) is 5.58 Å². The average Bonchev–Trinajstić information content (AvgIpc) is 2.17. The Morgan fingerprint density at radius 1 is 1.36 bits per heavy atom. The van der Waals surface area contributed by atoms with Crippen LogP contribution in [0.4, 0.5) is 0 Å². The molecule has 14 heavy (non-hydrogen) atoms. The van der Waals surface area contributed by atoms with Gasteiger partial charge in [-0.25, -0.2) is 4.79 Å². The molecule has 0 aliphatic carbocycles. The molecule has 1 heterocycles. The summed E-state index contributed by atoms with van der Waals surface area (Å²) in [5.41, 5.74) is 1.04. The minimum absolute atomic E-state index is 0.0445. The molecule has 0 saturated carbocycles. The Kier molecular flexibility index (Phi) is 1.83. The van der Waals surface area contributed by atoms with Crippen LogP contribution in [0.3, 0.4) is 0 Å². The van der Waals surface area contributed by atoms with E-state index in [-0.39, 0.29) is 5.56 Å². The van der Waals surface area contributed by atoms with E-state index in [1.54, 1.807) is 18.2 Å². The molecule has 2 aromatic rings. The normalized spacial score (nSPS) is 10.0. The lowest BCUT2D eigenvalue weighted by Gasteiger charge is -1.97. The van der Waals surface area contributed by atoms with Crippen LogP contribution in [0.15, 0.2) is 33.5 Å². The fraction of sp³-hybridized carbons (Fsp3) is 0.0909. The minimum Gasteiger partial charge on any atom is -0.422 e. The van der Waals surface area contributed by atoms with Gasteiger partial charge in [0, 0.05) is 5.39 Å². The number of aryl methyl sites for hydroxylation is 1. The third kappa shape index (κ3) is 1.27. The summed E-state index contributed by atoms with van der Waals surface area (Å²) < 4.78 is 4.96. The van der Waals surface area contributed by atoms with Crippen molar-refractivity contribution in [1.82, 2.24) is 0 Å². The third-order valence-corrected chi connectivity index (χ3v) is 2.01. The van der Waals surface area contributed by atoms with Crippen molar-refractivity contribution in [2.45, 2.75) is 6.92 Å². The van der Waals surface area contributed by atoms with Crippen molar-refractivity contribution >= 4 is 11.0 Å². The van der Waals surface area contributed by atoms with Crippen LogP contribution in [0.25, 0.3) is 11.0 Å². The van der Waals surface area contributed by atoms with Crippen LogP contribution < -0.4 is 5.63 Å². The average molecular weight is 185 g/mol.